The standard InChI is InChI=1S/C27H25NO3/c1-4-21-13-14-22(24(17-28)25(29)15-20-11-6-5-7-12-20)16-23(21)27(30)31-26-18(2)9-8-10-19(26)3/h5-14,16,24H,4,15H2,1-3H3. The van der Waals surface area contributed by atoms with Crippen LogP contribution in [0.1, 0.15) is 51.0 Å². The number of rotatable bonds is 7. The molecule has 0 N–H and O–H groups in total. The van der Waals surface area contributed by atoms with Crippen molar-refractivity contribution in [3.05, 3.63) is 100 Å². The van der Waals surface area contributed by atoms with Gasteiger partial charge in [0.1, 0.15) is 11.7 Å². The summed E-state index contributed by atoms with van der Waals surface area (Å²) in [6.07, 6.45) is 0.795. The van der Waals surface area contributed by atoms with E-state index in [0.29, 0.717) is 23.3 Å². The molecule has 0 aliphatic carbocycles. The fourth-order valence-corrected chi connectivity index (χ4v) is 3.61. The molecule has 4 heteroatoms. The van der Waals surface area contributed by atoms with Gasteiger partial charge in [-0.15, -0.1) is 0 Å². The molecule has 4 nitrogen and oxygen atoms in total. The van der Waals surface area contributed by atoms with Gasteiger partial charge in [-0.2, -0.15) is 5.26 Å². The van der Waals surface area contributed by atoms with Crippen LogP contribution in [0, 0.1) is 25.2 Å². The molecular weight excluding hydrogens is 386 g/mol. The summed E-state index contributed by atoms with van der Waals surface area (Å²) in [5.74, 6) is -1.09. The summed E-state index contributed by atoms with van der Waals surface area (Å²) in [6.45, 7) is 5.73. The van der Waals surface area contributed by atoms with Crippen LogP contribution in [0.3, 0.4) is 0 Å². The first-order valence-corrected chi connectivity index (χ1v) is 10.3. The minimum Gasteiger partial charge on any atom is -0.422 e. The van der Waals surface area contributed by atoms with Crippen molar-refractivity contribution in [3.63, 3.8) is 0 Å². The highest BCUT2D eigenvalue weighted by atomic mass is 16.5. The fraction of sp³-hybridized carbons (Fsp3) is 0.222. The molecule has 0 amide bonds. The Labute approximate surface area is 183 Å². The number of carbonyl (C=O) groups is 2. The van der Waals surface area contributed by atoms with Gasteiger partial charge < -0.3 is 4.74 Å². The van der Waals surface area contributed by atoms with E-state index in [9.17, 15) is 14.9 Å². The van der Waals surface area contributed by atoms with Gasteiger partial charge >= 0.3 is 5.97 Å². The lowest BCUT2D eigenvalue weighted by atomic mass is 9.89. The van der Waals surface area contributed by atoms with Crippen LogP contribution in [0.5, 0.6) is 5.75 Å². The Morgan fingerprint density at radius 3 is 2.26 bits per heavy atom. The first-order valence-electron chi connectivity index (χ1n) is 10.3. The molecule has 0 aliphatic heterocycles. The molecule has 0 saturated carbocycles. The maximum atomic E-state index is 13.0. The Morgan fingerprint density at radius 2 is 1.65 bits per heavy atom. The Hall–Kier alpha value is -3.71. The number of para-hydroxylation sites is 1. The SMILES string of the molecule is CCc1ccc(C(C#N)C(=O)Cc2ccccc2)cc1C(=O)Oc1c(C)cccc1C. The fourth-order valence-electron chi connectivity index (χ4n) is 3.61. The average molecular weight is 412 g/mol. The monoisotopic (exact) mass is 411 g/mol. The zero-order chi connectivity index (χ0) is 22.4. The number of nitrogens with zero attached hydrogens (tertiary/aromatic N) is 1. The molecule has 3 aromatic rings. The van der Waals surface area contributed by atoms with E-state index < -0.39 is 11.9 Å². The van der Waals surface area contributed by atoms with E-state index in [0.717, 1.165) is 22.3 Å². The van der Waals surface area contributed by atoms with Crippen molar-refractivity contribution in [1.82, 2.24) is 0 Å². The van der Waals surface area contributed by atoms with Gasteiger partial charge in [0.25, 0.3) is 0 Å². The molecule has 0 spiro atoms. The third-order valence-electron chi connectivity index (χ3n) is 5.34. The van der Waals surface area contributed by atoms with Crippen molar-refractivity contribution >= 4 is 11.8 Å². The van der Waals surface area contributed by atoms with E-state index >= 15 is 0 Å². The predicted octanol–water partition coefficient (Wildman–Crippen LogP) is 5.50. The number of Topliss-reactive ketones (excluding diaryl/α,β-unsaturated/α-hetero) is 1. The highest BCUT2D eigenvalue weighted by Gasteiger charge is 2.23. The van der Waals surface area contributed by atoms with Gasteiger partial charge in [0, 0.05) is 6.42 Å². The first-order chi connectivity index (χ1) is 14.9. The summed E-state index contributed by atoms with van der Waals surface area (Å²) in [7, 11) is 0. The number of hydrogen-bond acceptors (Lipinski definition) is 4. The molecular formula is C27H25NO3. The zero-order valence-corrected chi connectivity index (χ0v) is 18.0. The molecule has 0 aromatic heterocycles. The minimum absolute atomic E-state index is 0.163. The molecule has 3 aromatic carbocycles. The van der Waals surface area contributed by atoms with Crippen molar-refractivity contribution in [2.75, 3.05) is 0 Å². The van der Waals surface area contributed by atoms with Crippen LogP contribution in [0.25, 0.3) is 0 Å². The lowest BCUT2D eigenvalue weighted by Gasteiger charge is -2.15. The number of nitriles is 1. The highest BCUT2D eigenvalue weighted by molar-refractivity contribution is 5.95. The van der Waals surface area contributed by atoms with E-state index in [2.05, 4.69) is 6.07 Å². The van der Waals surface area contributed by atoms with E-state index in [4.69, 9.17) is 4.74 Å². The van der Waals surface area contributed by atoms with Gasteiger partial charge in [-0.05, 0) is 54.2 Å². The summed E-state index contributed by atoms with van der Waals surface area (Å²) < 4.78 is 5.72. The summed E-state index contributed by atoms with van der Waals surface area (Å²) in [6, 6.07) is 22.3. The third-order valence-corrected chi connectivity index (χ3v) is 5.34. The van der Waals surface area contributed by atoms with Gasteiger partial charge in [0.05, 0.1) is 11.6 Å². The number of hydrogen-bond donors (Lipinski definition) is 0. The lowest BCUT2D eigenvalue weighted by Crippen LogP contribution is -2.17. The molecule has 0 radical (unpaired) electrons. The number of ether oxygens (including phenoxy) is 1. The Morgan fingerprint density at radius 1 is 0.968 bits per heavy atom. The van der Waals surface area contributed by atoms with Gasteiger partial charge in [-0.3, -0.25) is 4.79 Å². The molecule has 0 aliphatic rings. The zero-order valence-electron chi connectivity index (χ0n) is 18.0. The van der Waals surface area contributed by atoms with Crippen LogP contribution in [-0.4, -0.2) is 11.8 Å². The average Bonchev–Trinajstić information content (AvgIpc) is 2.77. The predicted molar refractivity (Wildman–Crippen MR) is 120 cm³/mol. The van der Waals surface area contributed by atoms with Crippen LogP contribution in [0.2, 0.25) is 0 Å². The molecule has 0 saturated heterocycles. The van der Waals surface area contributed by atoms with Crippen LogP contribution in [0.15, 0.2) is 66.7 Å². The molecule has 1 unspecified atom stereocenters. The summed E-state index contributed by atoms with van der Waals surface area (Å²) in [5.41, 5.74) is 4.30. The van der Waals surface area contributed by atoms with Crippen LogP contribution >= 0.6 is 0 Å². The molecule has 156 valence electrons. The van der Waals surface area contributed by atoms with E-state index in [1.165, 1.54) is 0 Å². The van der Waals surface area contributed by atoms with Crippen molar-refractivity contribution in [1.29, 1.82) is 5.26 Å². The van der Waals surface area contributed by atoms with Gasteiger partial charge in [0.15, 0.2) is 5.78 Å². The molecule has 0 heterocycles. The van der Waals surface area contributed by atoms with Crippen LogP contribution in [-0.2, 0) is 17.6 Å². The van der Waals surface area contributed by atoms with E-state index in [1.807, 2.05) is 69.3 Å². The lowest BCUT2D eigenvalue weighted by molar-refractivity contribution is -0.118. The topological polar surface area (TPSA) is 67.2 Å². The molecule has 0 fully saturated rings. The summed E-state index contributed by atoms with van der Waals surface area (Å²) >= 11 is 0. The molecule has 3 rings (SSSR count). The second-order valence-electron chi connectivity index (χ2n) is 7.57. The number of esters is 1. The largest absolute Gasteiger partial charge is 0.422 e. The van der Waals surface area contributed by atoms with E-state index in [-0.39, 0.29) is 12.2 Å². The minimum atomic E-state index is -0.946. The number of carbonyl (C=O) groups excluding carboxylic acids is 2. The second-order valence-corrected chi connectivity index (χ2v) is 7.57. The van der Waals surface area contributed by atoms with Gasteiger partial charge in [-0.25, -0.2) is 4.79 Å². The molecule has 0 bridgehead atoms. The van der Waals surface area contributed by atoms with E-state index in [1.54, 1.807) is 18.2 Å². The van der Waals surface area contributed by atoms with Gasteiger partial charge in [-0.1, -0.05) is 67.6 Å². The third kappa shape index (κ3) is 5.07. The van der Waals surface area contributed by atoms with Crippen molar-refractivity contribution in [3.8, 4) is 11.8 Å². The normalized spacial score (nSPS) is 11.4. The number of benzene rings is 3. The highest BCUT2D eigenvalue weighted by Crippen LogP contribution is 2.26. The smallest absolute Gasteiger partial charge is 0.343 e. The van der Waals surface area contributed by atoms with Crippen molar-refractivity contribution in [2.24, 2.45) is 0 Å². The number of aryl methyl sites for hydroxylation is 3. The van der Waals surface area contributed by atoms with Gasteiger partial charge in [0.2, 0.25) is 0 Å². The van der Waals surface area contributed by atoms with Crippen LogP contribution < -0.4 is 4.74 Å². The first kappa shape index (κ1) is 22.0. The Bertz CT molecular complexity index is 1120. The van der Waals surface area contributed by atoms with Crippen molar-refractivity contribution < 1.29 is 14.3 Å². The van der Waals surface area contributed by atoms with Crippen LogP contribution in [0.4, 0.5) is 0 Å². The Balaban J connectivity index is 1.91. The maximum absolute atomic E-state index is 13.0. The molecule has 1 atom stereocenters. The summed E-state index contributed by atoms with van der Waals surface area (Å²) in [4.78, 5) is 25.9. The quantitative estimate of drug-likeness (QED) is 0.380. The maximum Gasteiger partial charge on any atom is 0.343 e. The molecule has 31 heavy (non-hydrogen) atoms. The number of ketones is 1. The Kier molecular flexibility index (Phi) is 6.99. The second kappa shape index (κ2) is 9.86. The summed E-state index contributed by atoms with van der Waals surface area (Å²) in [5, 5.41) is 9.70. The van der Waals surface area contributed by atoms with Crippen molar-refractivity contribution in [2.45, 2.75) is 39.5 Å².